The topological polar surface area (TPSA) is 9.86 Å². The Morgan fingerprint density at radius 3 is 2.12 bits per heavy atom. The van der Waals surface area contributed by atoms with Gasteiger partial charge < -0.3 is 9.13 Å². The smallest absolute Gasteiger partial charge is 0.0628 e. The second kappa shape index (κ2) is 6.60. The fourth-order valence-corrected chi connectivity index (χ4v) is 5.08. The molecule has 0 bridgehead atoms. The molecule has 0 aliphatic carbocycles. The van der Waals surface area contributed by atoms with Crippen LogP contribution in [-0.4, -0.2) is 9.13 Å². The van der Waals surface area contributed by atoms with Crippen molar-refractivity contribution >= 4 is 43.5 Å². The lowest BCUT2D eigenvalue weighted by atomic mass is 10.1. The van der Waals surface area contributed by atoms with Gasteiger partial charge in [0, 0.05) is 33.7 Å². The van der Waals surface area contributed by atoms with Gasteiger partial charge in [-0.1, -0.05) is 72.8 Å². The van der Waals surface area contributed by atoms with Crippen LogP contribution >= 0.6 is 0 Å². The van der Waals surface area contributed by atoms with Crippen LogP contribution in [-0.2, 0) is 0 Å². The summed E-state index contributed by atoms with van der Waals surface area (Å²) in [4.78, 5) is 0. The van der Waals surface area contributed by atoms with Gasteiger partial charge in [-0.05, 0) is 53.2 Å². The molecule has 32 heavy (non-hydrogen) atoms. The minimum Gasteiger partial charge on any atom is -0.316 e. The molecular weight excluding hydrogens is 388 g/mol. The highest BCUT2D eigenvalue weighted by Crippen LogP contribution is 2.38. The molecule has 0 saturated carbocycles. The van der Waals surface area contributed by atoms with Crippen LogP contribution < -0.4 is 0 Å². The zero-order valence-electron chi connectivity index (χ0n) is 17.4. The number of aromatic nitrogens is 2. The summed E-state index contributed by atoms with van der Waals surface area (Å²) in [6.45, 7) is 0. The van der Waals surface area contributed by atoms with Gasteiger partial charge in [-0.25, -0.2) is 0 Å². The van der Waals surface area contributed by atoms with E-state index >= 15 is 0 Å². The van der Waals surface area contributed by atoms with E-state index in [0.29, 0.717) is 0 Å². The van der Waals surface area contributed by atoms with E-state index in [1.165, 1.54) is 54.9 Å². The third-order valence-corrected chi connectivity index (χ3v) is 6.51. The maximum atomic E-state index is 2.40. The molecule has 0 aliphatic heterocycles. The number of hydrogen-bond donors (Lipinski definition) is 0. The molecule has 2 nitrogen and oxygen atoms in total. The van der Waals surface area contributed by atoms with Crippen molar-refractivity contribution in [2.24, 2.45) is 0 Å². The largest absolute Gasteiger partial charge is 0.316 e. The summed E-state index contributed by atoms with van der Waals surface area (Å²) in [6.07, 6.45) is 2.18. The molecule has 0 fully saturated rings. The maximum Gasteiger partial charge on any atom is 0.0628 e. The Hall–Kier alpha value is -4.30. The molecule has 2 heterocycles. The number of para-hydroxylation sites is 2. The summed E-state index contributed by atoms with van der Waals surface area (Å²) in [5.74, 6) is 0. The van der Waals surface area contributed by atoms with Crippen LogP contribution in [0.4, 0.5) is 0 Å². The summed E-state index contributed by atoms with van der Waals surface area (Å²) in [6, 6.07) is 41.4. The first-order valence-electron chi connectivity index (χ1n) is 11.0. The molecule has 2 heteroatoms. The molecule has 0 N–H and O–H groups in total. The molecule has 5 aromatic carbocycles. The first-order valence-corrected chi connectivity index (χ1v) is 11.0. The Kier molecular flexibility index (Phi) is 3.58. The van der Waals surface area contributed by atoms with E-state index in [0.717, 1.165) is 0 Å². The third kappa shape index (κ3) is 2.41. The molecule has 0 unspecified atom stereocenters. The minimum absolute atomic E-state index is 1.18. The second-order valence-corrected chi connectivity index (χ2v) is 8.30. The van der Waals surface area contributed by atoms with Gasteiger partial charge in [-0.2, -0.15) is 0 Å². The van der Waals surface area contributed by atoms with Crippen LogP contribution in [0.1, 0.15) is 0 Å². The summed E-state index contributed by atoms with van der Waals surface area (Å²) in [5, 5.41) is 6.34. The van der Waals surface area contributed by atoms with Crippen LogP contribution in [0.15, 0.2) is 121 Å². The Morgan fingerprint density at radius 2 is 1.22 bits per heavy atom. The Morgan fingerprint density at radius 1 is 0.469 bits per heavy atom. The SMILES string of the molecule is c1ccc(-n2ccc3ccc4c(c5ccccc5n4-c4ccc5ccccc5c4)c32)cc1. The van der Waals surface area contributed by atoms with E-state index in [9.17, 15) is 0 Å². The van der Waals surface area contributed by atoms with E-state index in [4.69, 9.17) is 0 Å². The van der Waals surface area contributed by atoms with Gasteiger partial charge in [-0.15, -0.1) is 0 Å². The maximum absolute atomic E-state index is 2.40. The predicted molar refractivity (Wildman–Crippen MR) is 135 cm³/mol. The van der Waals surface area contributed by atoms with Crippen LogP contribution in [0.25, 0.3) is 54.9 Å². The van der Waals surface area contributed by atoms with Gasteiger partial charge in [0.2, 0.25) is 0 Å². The summed E-state index contributed by atoms with van der Waals surface area (Å²) < 4.78 is 4.72. The van der Waals surface area contributed by atoms with E-state index in [1.807, 2.05) is 0 Å². The lowest BCUT2D eigenvalue weighted by Crippen LogP contribution is -1.94. The van der Waals surface area contributed by atoms with Crippen molar-refractivity contribution in [3.05, 3.63) is 121 Å². The third-order valence-electron chi connectivity index (χ3n) is 6.51. The number of rotatable bonds is 2. The minimum atomic E-state index is 1.18. The van der Waals surface area contributed by atoms with E-state index in [2.05, 4.69) is 131 Å². The van der Waals surface area contributed by atoms with Crippen molar-refractivity contribution in [1.29, 1.82) is 0 Å². The van der Waals surface area contributed by atoms with Gasteiger partial charge >= 0.3 is 0 Å². The van der Waals surface area contributed by atoms with Crippen LogP contribution in [0.2, 0.25) is 0 Å². The number of nitrogens with zero attached hydrogens (tertiary/aromatic N) is 2. The number of benzene rings is 5. The molecule has 7 aromatic rings. The van der Waals surface area contributed by atoms with Crippen LogP contribution in [0.3, 0.4) is 0 Å². The van der Waals surface area contributed by atoms with Crippen LogP contribution in [0, 0.1) is 0 Å². The zero-order valence-corrected chi connectivity index (χ0v) is 17.4. The molecule has 7 rings (SSSR count). The summed E-state index contributed by atoms with van der Waals surface area (Å²) in [7, 11) is 0. The summed E-state index contributed by atoms with van der Waals surface area (Å²) >= 11 is 0. The van der Waals surface area contributed by atoms with Crippen molar-refractivity contribution in [1.82, 2.24) is 9.13 Å². The molecule has 0 radical (unpaired) electrons. The Labute approximate surface area is 185 Å². The Bertz CT molecular complexity index is 1770. The van der Waals surface area contributed by atoms with Gasteiger partial charge in [-0.3, -0.25) is 0 Å². The standard InChI is InChI=1S/C30H20N2/c1-2-10-24(11-3-1)31-19-18-22-15-17-28-29(30(22)31)26-12-6-7-13-27(26)32(28)25-16-14-21-8-4-5-9-23(21)20-25/h1-20H. The monoisotopic (exact) mass is 408 g/mol. The zero-order chi connectivity index (χ0) is 21.1. The lowest BCUT2D eigenvalue weighted by Gasteiger charge is -2.10. The predicted octanol–water partition coefficient (Wildman–Crippen LogP) is 7.88. The average molecular weight is 409 g/mol. The molecule has 0 amide bonds. The highest BCUT2D eigenvalue weighted by molar-refractivity contribution is 6.20. The molecule has 2 aromatic heterocycles. The van der Waals surface area contributed by atoms with Crippen molar-refractivity contribution in [3.63, 3.8) is 0 Å². The van der Waals surface area contributed by atoms with Gasteiger partial charge in [0.15, 0.2) is 0 Å². The van der Waals surface area contributed by atoms with Gasteiger partial charge in [0.05, 0.1) is 16.6 Å². The van der Waals surface area contributed by atoms with Crippen molar-refractivity contribution in [2.45, 2.75) is 0 Å². The van der Waals surface area contributed by atoms with Crippen molar-refractivity contribution in [3.8, 4) is 11.4 Å². The fraction of sp³-hybridized carbons (Fsp3) is 0. The second-order valence-electron chi connectivity index (χ2n) is 8.30. The first kappa shape index (κ1) is 17.4. The van der Waals surface area contributed by atoms with E-state index in [-0.39, 0.29) is 0 Å². The summed E-state index contributed by atoms with van der Waals surface area (Å²) in [5.41, 5.74) is 6.07. The number of hydrogen-bond acceptors (Lipinski definition) is 0. The van der Waals surface area contributed by atoms with Gasteiger partial charge in [0.25, 0.3) is 0 Å². The van der Waals surface area contributed by atoms with Gasteiger partial charge in [0.1, 0.15) is 0 Å². The molecule has 150 valence electrons. The molecule has 0 saturated heterocycles. The number of fused-ring (bicyclic) bond motifs is 6. The fourth-order valence-electron chi connectivity index (χ4n) is 5.08. The quantitative estimate of drug-likeness (QED) is 0.275. The molecule has 0 spiro atoms. The highest BCUT2D eigenvalue weighted by atomic mass is 15.0. The Balaban J connectivity index is 1.64. The molecule has 0 atom stereocenters. The average Bonchev–Trinajstić information content (AvgIpc) is 3.43. The van der Waals surface area contributed by atoms with E-state index < -0.39 is 0 Å². The van der Waals surface area contributed by atoms with Crippen molar-refractivity contribution < 1.29 is 0 Å². The molecule has 0 aliphatic rings. The highest BCUT2D eigenvalue weighted by Gasteiger charge is 2.17. The lowest BCUT2D eigenvalue weighted by molar-refractivity contribution is 1.13. The van der Waals surface area contributed by atoms with E-state index in [1.54, 1.807) is 0 Å². The normalized spacial score (nSPS) is 11.8. The van der Waals surface area contributed by atoms with Crippen molar-refractivity contribution in [2.75, 3.05) is 0 Å². The van der Waals surface area contributed by atoms with Crippen LogP contribution in [0.5, 0.6) is 0 Å². The first-order chi connectivity index (χ1) is 15.9. The molecular formula is C30H20N2.